The van der Waals surface area contributed by atoms with Gasteiger partial charge in [0.2, 0.25) is 5.91 Å². The van der Waals surface area contributed by atoms with E-state index in [2.05, 4.69) is 6.92 Å². The summed E-state index contributed by atoms with van der Waals surface area (Å²) < 4.78 is 5.75. The van der Waals surface area contributed by atoms with E-state index in [0.29, 0.717) is 6.42 Å². The van der Waals surface area contributed by atoms with Crippen LogP contribution in [-0.2, 0) is 4.79 Å². The third-order valence-electron chi connectivity index (χ3n) is 3.99. The summed E-state index contributed by atoms with van der Waals surface area (Å²) in [5.41, 5.74) is 0.995. The Hall–Kier alpha value is -1.51. The highest BCUT2D eigenvalue weighted by molar-refractivity contribution is 5.93. The Kier molecular flexibility index (Phi) is 6.58. The normalized spacial score (nSPS) is 15.3. The number of rotatable bonds is 8. The van der Waals surface area contributed by atoms with Crippen molar-refractivity contribution >= 4 is 11.6 Å². The molecule has 1 heterocycles. The first-order valence-corrected chi connectivity index (χ1v) is 8.34. The lowest BCUT2D eigenvalue weighted by molar-refractivity contribution is -0.119. The van der Waals surface area contributed by atoms with Crippen LogP contribution in [-0.4, -0.2) is 19.1 Å². The molecule has 3 heteroatoms. The lowest BCUT2D eigenvalue weighted by atomic mass is 10.1. The number of nitrogens with zero attached hydrogens (tertiary/aromatic N) is 1. The molecular weight excluding hydrogens is 262 g/mol. The largest absolute Gasteiger partial charge is 0.494 e. The van der Waals surface area contributed by atoms with Crippen LogP contribution >= 0.6 is 0 Å². The first kappa shape index (κ1) is 15.9. The highest BCUT2D eigenvalue weighted by Crippen LogP contribution is 2.23. The van der Waals surface area contributed by atoms with Crippen molar-refractivity contribution in [2.75, 3.05) is 18.1 Å². The van der Waals surface area contributed by atoms with E-state index in [-0.39, 0.29) is 5.91 Å². The highest BCUT2D eigenvalue weighted by atomic mass is 16.5. The van der Waals surface area contributed by atoms with Gasteiger partial charge in [-0.15, -0.1) is 0 Å². The van der Waals surface area contributed by atoms with E-state index in [1.165, 1.54) is 25.7 Å². The van der Waals surface area contributed by atoms with E-state index in [0.717, 1.165) is 43.9 Å². The zero-order valence-electron chi connectivity index (χ0n) is 13.1. The number of anilines is 1. The second-order valence-corrected chi connectivity index (χ2v) is 5.76. The van der Waals surface area contributed by atoms with E-state index in [1.54, 1.807) is 0 Å². The fourth-order valence-electron chi connectivity index (χ4n) is 2.70. The second-order valence-electron chi connectivity index (χ2n) is 5.76. The molecule has 0 radical (unpaired) electrons. The Morgan fingerprint density at radius 2 is 1.81 bits per heavy atom. The second kappa shape index (κ2) is 8.71. The number of carbonyl (C=O) groups excluding carboxylic acids is 1. The van der Waals surface area contributed by atoms with E-state index >= 15 is 0 Å². The van der Waals surface area contributed by atoms with Crippen LogP contribution in [0.1, 0.15) is 58.3 Å². The standard InChI is InChI=1S/C18H27NO2/c1-2-3-4-5-8-15-21-17-12-10-16(11-13-17)19-14-7-6-9-18(19)20/h10-13H,2-9,14-15H2,1H3. The van der Waals surface area contributed by atoms with Crippen molar-refractivity contribution in [3.8, 4) is 5.75 Å². The van der Waals surface area contributed by atoms with Gasteiger partial charge >= 0.3 is 0 Å². The summed E-state index contributed by atoms with van der Waals surface area (Å²) in [7, 11) is 0. The number of benzene rings is 1. The van der Waals surface area contributed by atoms with Gasteiger partial charge in [0.25, 0.3) is 0 Å². The molecule has 1 fully saturated rings. The average molecular weight is 289 g/mol. The van der Waals surface area contributed by atoms with Crippen LogP contribution in [0, 0.1) is 0 Å². The molecule has 1 aromatic carbocycles. The van der Waals surface area contributed by atoms with E-state index in [4.69, 9.17) is 4.74 Å². The molecule has 0 N–H and O–H groups in total. The molecule has 1 saturated heterocycles. The predicted octanol–water partition coefficient (Wildman–Crippen LogP) is 4.55. The minimum Gasteiger partial charge on any atom is -0.494 e. The van der Waals surface area contributed by atoms with Gasteiger partial charge in [-0.05, 0) is 43.5 Å². The van der Waals surface area contributed by atoms with Crippen LogP contribution in [0.25, 0.3) is 0 Å². The number of piperidine rings is 1. The minimum atomic E-state index is 0.242. The molecule has 2 rings (SSSR count). The minimum absolute atomic E-state index is 0.242. The van der Waals surface area contributed by atoms with Crippen molar-refractivity contribution in [1.29, 1.82) is 0 Å². The van der Waals surface area contributed by atoms with Gasteiger partial charge in [-0.25, -0.2) is 0 Å². The van der Waals surface area contributed by atoms with Crippen LogP contribution in [0.4, 0.5) is 5.69 Å². The van der Waals surface area contributed by atoms with Crippen LogP contribution in [0.5, 0.6) is 5.75 Å². The van der Waals surface area contributed by atoms with Crippen molar-refractivity contribution < 1.29 is 9.53 Å². The van der Waals surface area contributed by atoms with Gasteiger partial charge in [-0.1, -0.05) is 32.6 Å². The van der Waals surface area contributed by atoms with Gasteiger partial charge in [0.1, 0.15) is 5.75 Å². The topological polar surface area (TPSA) is 29.5 Å². The van der Waals surface area contributed by atoms with Crippen molar-refractivity contribution in [3.63, 3.8) is 0 Å². The summed E-state index contributed by atoms with van der Waals surface area (Å²) in [6.07, 6.45) is 9.05. The molecule has 1 aliphatic heterocycles. The first-order valence-electron chi connectivity index (χ1n) is 8.34. The lowest BCUT2D eigenvalue weighted by Crippen LogP contribution is -2.35. The van der Waals surface area contributed by atoms with Gasteiger partial charge in [-0.3, -0.25) is 4.79 Å². The monoisotopic (exact) mass is 289 g/mol. The van der Waals surface area contributed by atoms with Crippen LogP contribution < -0.4 is 9.64 Å². The summed E-state index contributed by atoms with van der Waals surface area (Å²) in [5.74, 6) is 1.14. The van der Waals surface area contributed by atoms with Crippen molar-refractivity contribution in [2.45, 2.75) is 58.3 Å². The van der Waals surface area contributed by atoms with Gasteiger partial charge in [0.15, 0.2) is 0 Å². The molecule has 0 bridgehead atoms. The molecule has 0 aliphatic carbocycles. The third-order valence-corrected chi connectivity index (χ3v) is 3.99. The van der Waals surface area contributed by atoms with Gasteiger partial charge in [-0.2, -0.15) is 0 Å². The maximum atomic E-state index is 11.9. The van der Waals surface area contributed by atoms with Gasteiger partial charge < -0.3 is 9.64 Å². The molecule has 0 unspecified atom stereocenters. The highest BCUT2D eigenvalue weighted by Gasteiger charge is 2.19. The molecule has 1 aromatic rings. The third kappa shape index (κ3) is 5.07. The van der Waals surface area contributed by atoms with Crippen molar-refractivity contribution in [2.24, 2.45) is 0 Å². The number of amides is 1. The maximum Gasteiger partial charge on any atom is 0.226 e. The Bertz CT molecular complexity index is 427. The molecule has 3 nitrogen and oxygen atoms in total. The molecule has 1 aliphatic rings. The molecule has 116 valence electrons. The van der Waals surface area contributed by atoms with Gasteiger partial charge in [0.05, 0.1) is 6.61 Å². The SMILES string of the molecule is CCCCCCCOc1ccc(N2CCCCC2=O)cc1. The Balaban J connectivity index is 1.75. The Morgan fingerprint density at radius 1 is 1.05 bits per heavy atom. The molecule has 0 atom stereocenters. The number of hydrogen-bond donors (Lipinski definition) is 0. The first-order chi connectivity index (χ1) is 10.3. The number of carbonyl (C=O) groups is 1. The molecule has 0 saturated carbocycles. The molecular formula is C18H27NO2. The fraction of sp³-hybridized carbons (Fsp3) is 0.611. The average Bonchev–Trinajstić information content (AvgIpc) is 2.52. The van der Waals surface area contributed by atoms with E-state index < -0.39 is 0 Å². The van der Waals surface area contributed by atoms with Crippen LogP contribution in [0.2, 0.25) is 0 Å². The number of ether oxygens (including phenoxy) is 1. The van der Waals surface area contributed by atoms with Crippen LogP contribution in [0.15, 0.2) is 24.3 Å². The van der Waals surface area contributed by atoms with Crippen molar-refractivity contribution in [1.82, 2.24) is 0 Å². The maximum absolute atomic E-state index is 11.9. The fourth-order valence-corrected chi connectivity index (χ4v) is 2.70. The lowest BCUT2D eigenvalue weighted by Gasteiger charge is -2.26. The molecule has 0 aromatic heterocycles. The number of hydrogen-bond acceptors (Lipinski definition) is 2. The molecule has 0 spiro atoms. The summed E-state index contributed by atoms with van der Waals surface area (Å²) in [6.45, 7) is 3.85. The van der Waals surface area contributed by atoms with Crippen molar-refractivity contribution in [3.05, 3.63) is 24.3 Å². The summed E-state index contributed by atoms with van der Waals surface area (Å²) >= 11 is 0. The number of unbranched alkanes of at least 4 members (excludes halogenated alkanes) is 4. The summed E-state index contributed by atoms with van der Waals surface area (Å²) in [6, 6.07) is 7.94. The Morgan fingerprint density at radius 3 is 2.52 bits per heavy atom. The van der Waals surface area contributed by atoms with E-state index in [1.807, 2.05) is 29.2 Å². The van der Waals surface area contributed by atoms with Crippen LogP contribution in [0.3, 0.4) is 0 Å². The Labute approximate surface area is 128 Å². The molecule has 21 heavy (non-hydrogen) atoms. The zero-order valence-corrected chi connectivity index (χ0v) is 13.1. The summed E-state index contributed by atoms with van der Waals surface area (Å²) in [4.78, 5) is 13.8. The van der Waals surface area contributed by atoms with E-state index in [9.17, 15) is 4.79 Å². The summed E-state index contributed by atoms with van der Waals surface area (Å²) in [5, 5.41) is 0. The predicted molar refractivity (Wildman–Crippen MR) is 86.9 cm³/mol. The van der Waals surface area contributed by atoms with Gasteiger partial charge in [0, 0.05) is 18.7 Å². The quantitative estimate of drug-likeness (QED) is 0.657. The molecule has 1 amide bonds. The zero-order chi connectivity index (χ0) is 14.9. The smallest absolute Gasteiger partial charge is 0.226 e.